The van der Waals surface area contributed by atoms with Crippen LogP contribution in [0.25, 0.3) is 0 Å². The Morgan fingerprint density at radius 1 is 1.17 bits per heavy atom. The van der Waals surface area contributed by atoms with Gasteiger partial charge in [0.05, 0.1) is 17.2 Å². The number of hydrogen-bond acceptors (Lipinski definition) is 4. The van der Waals surface area contributed by atoms with E-state index < -0.39 is 18.1 Å². The number of benzene rings is 1. The third kappa shape index (κ3) is 2.56. The Kier molecular flexibility index (Phi) is 3.80. The monoisotopic (exact) mass is 313 g/mol. The smallest absolute Gasteiger partial charge is 0.333 e. The van der Waals surface area contributed by atoms with Crippen molar-refractivity contribution in [1.82, 2.24) is 4.90 Å². The normalized spacial score (nSPS) is 21.9. The van der Waals surface area contributed by atoms with Gasteiger partial charge in [0.25, 0.3) is 11.8 Å². The van der Waals surface area contributed by atoms with Crippen LogP contribution in [0.15, 0.2) is 36.4 Å². The second-order valence-corrected chi connectivity index (χ2v) is 6.47. The van der Waals surface area contributed by atoms with Crippen molar-refractivity contribution in [2.75, 3.05) is 0 Å². The van der Waals surface area contributed by atoms with E-state index in [1.54, 1.807) is 24.3 Å². The molecule has 5 nitrogen and oxygen atoms in total. The van der Waals surface area contributed by atoms with Crippen LogP contribution in [0.3, 0.4) is 0 Å². The maximum absolute atomic E-state index is 12.7. The lowest BCUT2D eigenvalue weighted by atomic mass is 9.95. The van der Waals surface area contributed by atoms with Crippen LogP contribution in [-0.4, -0.2) is 34.8 Å². The van der Waals surface area contributed by atoms with Crippen LogP contribution >= 0.6 is 0 Å². The number of amides is 2. The topological polar surface area (TPSA) is 63.7 Å². The fraction of sp³-hybridized carbons (Fsp3) is 0.389. The first-order valence-electron chi connectivity index (χ1n) is 7.75. The number of rotatable bonds is 4. The molecule has 2 aliphatic heterocycles. The minimum absolute atomic E-state index is 0.247. The van der Waals surface area contributed by atoms with E-state index in [1.165, 1.54) is 4.90 Å². The van der Waals surface area contributed by atoms with Gasteiger partial charge in [-0.15, -0.1) is 0 Å². The highest BCUT2D eigenvalue weighted by atomic mass is 16.6. The van der Waals surface area contributed by atoms with E-state index in [1.807, 2.05) is 13.8 Å². The lowest BCUT2D eigenvalue weighted by Gasteiger charge is -2.31. The molecule has 2 aliphatic rings. The van der Waals surface area contributed by atoms with E-state index >= 15 is 0 Å². The molecule has 0 bridgehead atoms. The van der Waals surface area contributed by atoms with Crippen molar-refractivity contribution in [3.05, 3.63) is 47.5 Å². The molecule has 3 rings (SSSR count). The van der Waals surface area contributed by atoms with E-state index in [2.05, 4.69) is 6.58 Å². The molecule has 1 fully saturated rings. The van der Waals surface area contributed by atoms with Gasteiger partial charge < -0.3 is 4.74 Å². The summed E-state index contributed by atoms with van der Waals surface area (Å²) in [5.74, 6) is -0.827. The summed E-state index contributed by atoms with van der Waals surface area (Å²) in [6, 6.07) is 6.32. The average Bonchev–Trinajstić information content (AvgIpc) is 2.96. The number of cyclic esters (lactones) is 1. The predicted octanol–water partition coefficient (Wildman–Crippen LogP) is 2.57. The highest BCUT2D eigenvalue weighted by molar-refractivity contribution is 6.21. The van der Waals surface area contributed by atoms with Crippen molar-refractivity contribution in [3.63, 3.8) is 0 Å². The van der Waals surface area contributed by atoms with Crippen LogP contribution in [0.4, 0.5) is 0 Å². The summed E-state index contributed by atoms with van der Waals surface area (Å²) in [7, 11) is 0. The molecule has 0 radical (unpaired) electrons. The molecule has 2 atom stereocenters. The van der Waals surface area contributed by atoms with Gasteiger partial charge in [0, 0.05) is 12.0 Å². The highest BCUT2D eigenvalue weighted by Gasteiger charge is 2.46. The molecular formula is C18H19NO4. The number of nitrogens with zero attached hydrogens (tertiary/aromatic N) is 1. The maximum Gasteiger partial charge on any atom is 0.333 e. The maximum atomic E-state index is 12.7. The summed E-state index contributed by atoms with van der Waals surface area (Å²) in [5, 5.41) is 0. The van der Waals surface area contributed by atoms with E-state index in [-0.39, 0.29) is 17.7 Å². The van der Waals surface area contributed by atoms with Crippen LogP contribution in [0.1, 0.15) is 47.4 Å². The van der Waals surface area contributed by atoms with Gasteiger partial charge in [-0.25, -0.2) is 4.79 Å². The molecule has 5 heteroatoms. The minimum atomic E-state index is -0.514. The highest BCUT2D eigenvalue weighted by Crippen LogP contribution is 2.33. The molecule has 2 amide bonds. The van der Waals surface area contributed by atoms with Crippen molar-refractivity contribution >= 4 is 17.8 Å². The third-order valence-electron chi connectivity index (χ3n) is 4.29. The van der Waals surface area contributed by atoms with Gasteiger partial charge in [-0.3, -0.25) is 14.5 Å². The Morgan fingerprint density at radius 2 is 1.74 bits per heavy atom. The number of carbonyl (C=O) groups is 3. The molecule has 1 aromatic rings. The SMILES string of the molecule is C=C1CC(C(CC(C)C)N2C(=O)c3ccccc3C2=O)OC1=O. The largest absolute Gasteiger partial charge is 0.456 e. The second kappa shape index (κ2) is 5.65. The van der Waals surface area contributed by atoms with Crippen molar-refractivity contribution in [1.29, 1.82) is 0 Å². The van der Waals surface area contributed by atoms with E-state index in [4.69, 9.17) is 4.74 Å². The van der Waals surface area contributed by atoms with Crippen molar-refractivity contribution < 1.29 is 19.1 Å². The average molecular weight is 313 g/mol. The first-order chi connectivity index (χ1) is 10.9. The lowest BCUT2D eigenvalue weighted by Crippen LogP contribution is -2.47. The zero-order valence-electron chi connectivity index (χ0n) is 13.2. The summed E-state index contributed by atoms with van der Waals surface area (Å²) in [6.45, 7) is 7.71. The molecule has 1 aromatic carbocycles. The van der Waals surface area contributed by atoms with Gasteiger partial charge in [-0.1, -0.05) is 32.6 Å². The van der Waals surface area contributed by atoms with E-state index in [0.717, 1.165) is 0 Å². The van der Waals surface area contributed by atoms with Gasteiger partial charge in [0.1, 0.15) is 6.10 Å². The quantitative estimate of drug-likeness (QED) is 0.487. The molecule has 2 unspecified atom stereocenters. The van der Waals surface area contributed by atoms with Crippen LogP contribution in [0.2, 0.25) is 0 Å². The Hall–Kier alpha value is -2.43. The summed E-state index contributed by atoms with van der Waals surface area (Å²) < 4.78 is 5.36. The zero-order chi connectivity index (χ0) is 16.7. The van der Waals surface area contributed by atoms with Crippen LogP contribution in [0, 0.1) is 5.92 Å². The van der Waals surface area contributed by atoms with Crippen LogP contribution in [0.5, 0.6) is 0 Å². The number of carbonyl (C=O) groups excluding carboxylic acids is 3. The molecule has 0 N–H and O–H groups in total. The molecule has 0 aromatic heterocycles. The Bertz CT molecular complexity index is 656. The summed E-state index contributed by atoms with van der Waals surface area (Å²) >= 11 is 0. The van der Waals surface area contributed by atoms with E-state index in [9.17, 15) is 14.4 Å². The molecule has 1 saturated heterocycles. The van der Waals surface area contributed by atoms with Gasteiger partial charge in [-0.05, 0) is 24.5 Å². The molecule has 2 heterocycles. The predicted molar refractivity (Wildman–Crippen MR) is 83.8 cm³/mol. The molecule has 120 valence electrons. The Balaban J connectivity index is 1.95. The standard InChI is InChI=1S/C18H19NO4/c1-10(2)8-14(15-9-11(3)18(22)23-15)19-16(20)12-6-4-5-7-13(12)17(19)21/h4-7,10,14-15H,3,8-9H2,1-2H3. The lowest BCUT2D eigenvalue weighted by molar-refractivity contribution is -0.141. The first kappa shape index (κ1) is 15.5. The number of ether oxygens (including phenoxy) is 1. The molecule has 0 spiro atoms. The van der Waals surface area contributed by atoms with Crippen molar-refractivity contribution in [2.24, 2.45) is 5.92 Å². The van der Waals surface area contributed by atoms with Crippen molar-refractivity contribution in [3.8, 4) is 0 Å². The number of esters is 1. The number of hydrogen-bond donors (Lipinski definition) is 0. The van der Waals surface area contributed by atoms with Gasteiger partial charge >= 0.3 is 5.97 Å². The van der Waals surface area contributed by atoms with Crippen molar-refractivity contribution in [2.45, 2.75) is 38.8 Å². The Morgan fingerprint density at radius 3 is 2.17 bits per heavy atom. The Labute approximate surface area is 134 Å². The van der Waals surface area contributed by atoms with E-state index in [0.29, 0.717) is 29.5 Å². The number of imide groups is 1. The fourth-order valence-electron chi connectivity index (χ4n) is 3.22. The molecular weight excluding hydrogens is 294 g/mol. The second-order valence-electron chi connectivity index (χ2n) is 6.47. The minimum Gasteiger partial charge on any atom is -0.456 e. The number of fused-ring (bicyclic) bond motifs is 1. The van der Waals surface area contributed by atoms with Gasteiger partial charge in [-0.2, -0.15) is 0 Å². The molecule has 23 heavy (non-hydrogen) atoms. The van der Waals surface area contributed by atoms with Crippen LogP contribution < -0.4 is 0 Å². The zero-order valence-corrected chi connectivity index (χ0v) is 13.2. The molecule has 0 aliphatic carbocycles. The fourth-order valence-corrected chi connectivity index (χ4v) is 3.22. The summed E-state index contributed by atoms with van der Waals surface area (Å²) in [6.07, 6.45) is 0.417. The summed E-state index contributed by atoms with van der Waals surface area (Å²) in [5.41, 5.74) is 1.21. The van der Waals surface area contributed by atoms with Gasteiger partial charge in [0.15, 0.2) is 0 Å². The first-order valence-corrected chi connectivity index (χ1v) is 7.75. The summed E-state index contributed by atoms with van der Waals surface area (Å²) in [4.78, 5) is 38.3. The van der Waals surface area contributed by atoms with Crippen LogP contribution in [-0.2, 0) is 9.53 Å². The van der Waals surface area contributed by atoms with Gasteiger partial charge in [0.2, 0.25) is 0 Å². The third-order valence-corrected chi connectivity index (χ3v) is 4.29. The molecule has 0 saturated carbocycles.